The summed E-state index contributed by atoms with van der Waals surface area (Å²) >= 11 is 0. The zero-order chi connectivity index (χ0) is 19.2. The molecule has 0 unspecified atom stereocenters. The van der Waals surface area contributed by atoms with Crippen molar-refractivity contribution in [2.75, 3.05) is 5.32 Å². The molecule has 138 valence electrons. The van der Waals surface area contributed by atoms with E-state index in [2.05, 4.69) is 41.6 Å². The minimum Gasteiger partial charge on any atom is -0.354 e. The molecule has 4 heteroatoms. The van der Waals surface area contributed by atoms with Crippen molar-refractivity contribution < 1.29 is 4.79 Å². The van der Waals surface area contributed by atoms with Gasteiger partial charge in [-0.2, -0.15) is 0 Å². The highest BCUT2D eigenvalue weighted by atomic mass is 16.1. The van der Waals surface area contributed by atoms with Crippen LogP contribution < -0.4 is 10.6 Å². The van der Waals surface area contributed by atoms with E-state index in [0.717, 1.165) is 16.9 Å². The second-order valence-electron chi connectivity index (χ2n) is 7.00. The average molecular weight is 359 g/mol. The van der Waals surface area contributed by atoms with E-state index in [9.17, 15) is 4.79 Å². The Labute approximate surface area is 160 Å². The van der Waals surface area contributed by atoms with E-state index in [0.29, 0.717) is 18.0 Å². The van der Waals surface area contributed by atoms with Crippen LogP contribution in [0.5, 0.6) is 0 Å². The fourth-order valence-electron chi connectivity index (χ4n) is 3.01. The molecule has 0 atom stereocenters. The van der Waals surface area contributed by atoms with Crippen molar-refractivity contribution >= 4 is 17.3 Å². The molecular weight excluding hydrogens is 334 g/mol. The molecule has 2 aromatic carbocycles. The Morgan fingerprint density at radius 1 is 1.04 bits per heavy atom. The van der Waals surface area contributed by atoms with Gasteiger partial charge in [-0.25, -0.2) is 0 Å². The van der Waals surface area contributed by atoms with Crippen molar-refractivity contribution in [2.24, 2.45) is 0 Å². The smallest absolute Gasteiger partial charge is 0.253 e. The minimum atomic E-state index is -0.134. The molecule has 0 aliphatic rings. The van der Waals surface area contributed by atoms with Crippen LogP contribution in [0.3, 0.4) is 0 Å². The lowest BCUT2D eigenvalue weighted by atomic mass is 10.0. The summed E-state index contributed by atoms with van der Waals surface area (Å²) in [5.41, 5.74) is 5.86. The molecule has 0 aliphatic heterocycles. The van der Waals surface area contributed by atoms with E-state index < -0.39 is 0 Å². The summed E-state index contributed by atoms with van der Waals surface area (Å²) in [5.74, 6) is 0.271. The molecule has 2 N–H and O–H groups in total. The molecule has 1 aromatic heterocycles. The Bertz CT molecular complexity index is 934. The van der Waals surface area contributed by atoms with Gasteiger partial charge in [0.25, 0.3) is 5.91 Å². The predicted octanol–water partition coefficient (Wildman–Crippen LogP) is 5.19. The van der Waals surface area contributed by atoms with E-state index in [-0.39, 0.29) is 5.91 Å². The van der Waals surface area contributed by atoms with Gasteiger partial charge in [0.2, 0.25) is 0 Å². The Balaban J connectivity index is 1.71. The van der Waals surface area contributed by atoms with Crippen molar-refractivity contribution in [3.8, 4) is 0 Å². The third-order valence-corrected chi connectivity index (χ3v) is 4.40. The van der Waals surface area contributed by atoms with Crippen LogP contribution >= 0.6 is 0 Å². The first kappa shape index (κ1) is 18.6. The summed E-state index contributed by atoms with van der Waals surface area (Å²) in [7, 11) is 0. The van der Waals surface area contributed by atoms with Gasteiger partial charge in [0.05, 0.1) is 17.4 Å². The van der Waals surface area contributed by atoms with Crippen LogP contribution in [-0.4, -0.2) is 10.9 Å². The maximum atomic E-state index is 12.5. The highest BCUT2D eigenvalue weighted by Gasteiger charge is 2.09. The van der Waals surface area contributed by atoms with Crippen LogP contribution in [0, 0.1) is 6.92 Å². The highest BCUT2D eigenvalue weighted by molar-refractivity contribution is 5.94. The van der Waals surface area contributed by atoms with Gasteiger partial charge in [-0.3, -0.25) is 9.78 Å². The topological polar surface area (TPSA) is 54.0 Å². The van der Waals surface area contributed by atoms with Gasteiger partial charge in [0.15, 0.2) is 0 Å². The molecule has 3 rings (SSSR count). The number of nitrogens with zero attached hydrogens (tertiary/aromatic N) is 1. The molecule has 0 bridgehead atoms. The first-order chi connectivity index (χ1) is 13.0. The third kappa shape index (κ3) is 4.94. The Morgan fingerprint density at radius 2 is 1.85 bits per heavy atom. The highest BCUT2D eigenvalue weighted by Crippen LogP contribution is 2.26. The molecule has 1 heterocycles. The average Bonchev–Trinajstić information content (AvgIpc) is 2.66. The fraction of sp³-hybridized carbons (Fsp3) is 0.217. The number of anilines is 2. The van der Waals surface area contributed by atoms with Crippen LogP contribution in [0.1, 0.15) is 46.8 Å². The molecule has 0 radical (unpaired) electrons. The molecule has 3 aromatic rings. The number of pyridine rings is 1. The van der Waals surface area contributed by atoms with Gasteiger partial charge < -0.3 is 10.6 Å². The van der Waals surface area contributed by atoms with Crippen molar-refractivity contribution in [3.63, 3.8) is 0 Å². The van der Waals surface area contributed by atoms with E-state index in [4.69, 9.17) is 0 Å². The van der Waals surface area contributed by atoms with E-state index >= 15 is 0 Å². The summed E-state index contributed by atoms with van der Waals surface area (Å²) in [6, 6.07) is 18.1. The SMILES string of the molecule is Cc1cccc(CNC(=O)c2cncc(Nc3ccccc3C(C)C)c2)c1. The summed E-state index contributed by atoms with van der Waals surface area (Å²) in [4.78, 5) is 16.7. The van der Waals surface area contributed by atoms with E-state index in [1.807, 2.05) is 49.4 Å². The quantitative estimate of drug-likeness (QED) is 0.637. The summed E-state index contributed by atoms with van der Waals surface area (Å²) < 4.78 is 0. The first-order valence-electron chi connectivity index (χ1n) is 9.17. The zero-order valence-electron chi connectivity index (χ0n) is 16.0. The largest absolute Gasteiger partial charge is 0.354 e. The van der Waals surface area contributed by atoms with E-state index in [1.54, 1.807) is 12.4 Å². The molecule has 0 fully saturated rings. The molecule has 27 heavy (non-hydrogen) atoms. The molecule has 0 saturated carbocycles. The first-order valence-corrected chi connectivity index (χ1v) is 9.17. The van der Waals surface area contributed by atoms with Gasteiger partial charge >= 0.3 is 0 Å². The fourth-order valence-corrected chi connectivity index (χ4v) is 3.01. The molecule has 0 spiro atoms. The lowest BCUT2D eigenvalue weighted by molar-refractivity contribution is 0.0950. The number of para-hydroxylation sites is 1. The van der Waals surface area contributed by atoms with Crippen LogP contribution in [0.25, 0.3) is 0 Å². The Morgan fingerprint density at radius 3 is 2.63 bits per heavy atom. The molecule has 0 aliphatic carbocycles. The molecule has 0 saturated heterocycles. The zero-order valence-corrected chi connectivity index (χ0v) is 16.0. The van der Waals surface area contributed by atoms with Crippen LogP contribution in [0.2, 0.25) is 0 Å². The molecular formula is C23H25N3O. The lowest BCUT2D eigenvalue weighted by Gasteiger charge is -2.15. The summed E-state index contributed by atoms with van der Waals surface area (Å²) in [6.45, 7) is 6.86. The standard InChI is InChI=1S/C23H25N3O/c1-16(2)21-9-4-5-10-22(21)26-20-12-19(14-24-15-20)23(27)25-13-18-8-6-7-17(3)11-18/h4-12,14-16,26H,13H2,1-3H3,(H,25,27). The number of hydrogen-bond donors (Lipinski definition) is 2. The van der Waals surface area contributed by atoms with Gasteiger partial charge in [-0.05, 0) is 36.1 Å². The number of carbonyl (C=O) groups excluding carboxylic acids is 1. The monoisotopic (exact) mass is 359 g/mol. The number of carbonyl (C=O) groups is 1. The number of aryl methyl sites for hydroxylation is 1. The minimum absolute atomic E-state index is 0.134. The van der Waals surface area contributed by atoms with Crippen molar-refractivity contribution in [3.05, 3.63) is 89.2 Å². The second-order valence-corrected chi connectivity index (χ2v) is 7.00. The van der Waals surface area contributed by atoms with Crippen LogP contribution in [-0.2, 0) is 6.54 Å². The number of benzene rings is 2. The van der Waals surface area contributed by atoms with Crippen molar-refractivity contribution in [1.82, 2.24) is 10.3 Å². The number of aromatic nitrogens is 1. The molecule has 1 amide bonds. The van der Waals surface area contributed by atoms with Crippen LogP contribution in [0.15, 0.2) is 67.0 Å². The van der Waals surface area contributed by atoms with Gasteiger partial charge in [0, 0.05) is 18.4 Å². The van der Waals surface area contributed by atoms with Gasteiger partial charge in [-0.1, -0.05) is 61.9 Å². The number of nitrogens with one attached hydrogen (secondary N) is 2. The van der Waals surface area contributed by atoms with E-state index in [1.165, 1.54) is 11.1 Å². The van der Waals surface area contributed by atoms with Gasteiger partial charge in [0.1, 0.15) is 0 Å². The lowest BCUT2D eigenvalue weighted by Crippen LogP contribution is -2.23. The third-order valence-electron chi connectivity index (χ3n) is 4.40. The van der Waals surface area contributed by atoms with Gasteiger partial charge in [-0.15, -0.1) is 0 Å². The predicted molar refractivity (Wildman–Crippen MR) is 110 cm³/mol. The number of rotatable bonds is 6. The Kier molecular flexibility index (Phi) is 5.87. The second kappa shape index (κ2) is 8.49. The summed E-state index contributed by atoms with van der Waals surface area (Å²) in [6.07, 6.45) is 3.32. The maximum absolute atomic E-state index is 12.5. The van der Waals surface area contributed by atoms with Crippen molar-refractivity contribution in [2.45, 2.75) is 33.2 Å². The summed E-state index contributed by atoms with van der Waals surface area (Å²) in [5, 5.41) is 6.34. The van der Waals surface area contributed by atoms with Crippen LogP contribution in [0.4, 0.5) is 11.4 Å². The maximum Gasteiger partial charge on any atom is 0.253 e. The number of hydrogen-bond acceptors (Lipinski definition) is 3. The normalized spacial score (nSPS) is 10.7. The Hall–Kier alpha value is -3.14. The number of amides is 1. The molecule has 4 nitrogen and oxygen atoms in total. The van der Waals surface area contributed by atoms with Crippen molar-refractivity contribution in [1.29, 1.82) is 0 Å².